The number of rotatable bonds is 7. The number of Topliss-reactive ketones (excluding diaryl/α,β-unsaturated/α-hetero) is 1. The van der Waals surface area contributed by atoms with Gasteiger partial charge in [0.25, 0.3) is 0 Å². The summed E-state index contributed by atoms with van der Waals surface area (Å²) in [6, 6.07) is 16.6. The van der Waals surface area contributed by atoms with Crippen molar-refractivity contribution in [2.45, 2.75) is 32.7 Å². The second-order valence-corrected chi connectivity index (χ2v) is 6.26. The number of hydrogen-bond donors (Lipinski definition) is 1. The normalized spacial score (nSPS) is 11.1. The standard InChI is InChI=1S/C21H24N2O/c1-16(24)18-9-10-21-20(14-18)19(11-12-22)15-23(21)13-5-8-17-6-3-2-4-7-17/h2-4,6-7,9-10,14-15H,5,8,11-13,22H2,1H3. The van der Waals surface area contributed by atoms with Crippen LogP contribution in [0.25, 0.3) is 10.9 Å². The largest absolute Gasteiger partial charge is 0.347 e. The van der Waals surface area contributed by atoms with Gasteiger partial charge < -0.3 is 10.3 Å². The predicted octanol–water partition coefficient (Wildman–Crippen LogP) is 3.98. The minimum Gasteiger partial charge on any atom is -0.347 e. The molecule has 0 aliphatic rings. The quantitative estimate of drug-likeness (QED) is 0.669. The van der Waals surface area contributed by atoms with Crippen molar-refractivity contribution in [3.05, 3.63) is 71.4 Å². The first-order valence-corrected chi connectivity index (χ1v) is 8.55. The molecule has 0 radical (unpaired) electrons. The Labute approximate surface area is 143 Å². The Morgan fingerprint density at radius 1 is 1.08 bits per heavy atom. The predicted molar refractivity (Wildman–Crippen MR) is 99.5 cm³/mol. The third-order valence-electron chi connectivity index (χ3n) is 4.49. The molecule has 0 aliphatic heterocycles. The lowest BCUT2D eigenvalue weighted by Gasteiger charge is -2.06. The maximum Gasteiger partial charge on any atom is 0.159 e. The van der Waals surface area contributed by atoms with E-state index in [0.29, 0.717) is 6.54 Å². The van der Waals surface area contributed by atoms with Crippen LogP contribution in [0.15, 0.2) is 54.7 Å². The zero-order chi connectivity index (χ0) is 16.9. The number of aryl methyl sites for hydroxylation is 2. The Morgan fingerprint density at radius 2 is 1.88 bits per heavy atom. The van der Waals surface area contributed by atoms with Crippen molar-refractivity contribution in [3.63, 3.8) is 0 Å². The van der Waals surface area contributed by atoms with Gasteiger partial charge in [0.2, 0.25) is 0 Å². The van der Waals surface area contributed by atoms with E-state index in [1.165, 1.54) is 16.6 Å². The van der Waals surface area contributed by atoms with Gasteiger partial charge in [0, 0.05) is 29.2 Å². The SMILES string of the molecule is CC(=O)c1ccc2c(c1)c(CCN)cn2CCCc1ccccc1. The molecule has 0 amide bonds. The number of nitrogens with zero attached hydrogens (tertiary/aromatic N) is 1. The Kier molecular flexibility index (Phi) is 5.11. The van der Waals surface area contributed by atoms with Gasteiger partial charge >= 0.3 is 0 Å². The second kappa shape index (κ2) is 7.45. The van der Waals surface area contributed by atoms with Gasteiger partial charge in [-0.2, -0.15) is 0 Å². The van der Waals surface area contributed by atoms with Crippen LogP contribution in [0, 0.1) is 0 Å². The van der Waals surface area contributed by atoms with Crippen molar-refractivity contribution in [2.24, 2.45) is 5.73 Å². The summed E-state index contributed by atoms with van der Waals surface area (Å²) < 4.78 is 2.30. The van der Waals surface area contributed by atoms with E-state index in [9.17, 15) is 4.79 Å². The van der Waals surface area contributed by atoms with Gasteiger partial charge in [-0.3, -0.25) is 4.79 Å². The molecular formula is C21H24N2O. The first kappa shape index (κ1) is 16.5. The fourth-order valence-corrected chi connectivity index (χ4v) is 3.23. The lowest BCUT2D eigenvalue weighted by molar-refractivity contribution is 0.101. The monoisotopic (exact) mass is 320 g/mol. The van der Waals surface area contributed by atoms with E-state index >= 15 is 0 Å². The molecule has 24 heavy (non-hydrogen) atoms. The highest BCUT2D eigenvalue weighted by Gasteiger charge is 2.10. The van der Waals surface area contributed by atoms with Crippen LogP contribution in [-0.2, 0) is 19.4 Å². The van der Waals surface area contributed by atoms with Crippen molar-refractivity contribution in [1.29, 1.82) is 0 Å². The minimum absolute atomic E-state index is 0.104. The van der Waals surface area contributed by atoms with Gasteiger partial charge in [0.1, 0.15) is 0 Å². The fraction of sp³-hybridized carbons (Fsp3) is 0.286. The second-order valence-electron chi connectivity index (χ2n) is 6.26. The first-order chi connectivity index (χ1) is 11.7. The van der Waals surface area contributed by atoms with Crippen molar-refractivity contribution < 1.29 is 4.79 Å². The molecule has 0 bridgehead atoms. The molecule has 1 aromatic heterocycles. The molecule has 3 aromatic rings. The highest BCUT2D eigenvalue weighted by molar-refractivity contribution is 5.98. The van der Waals surface area contributed by atoms with Gasteiger partial charge in [-0.1, -0.05) is 30.3 Å². The molecule has 2 aromatic carbocycles. The minimum atomic E-state index is 0.104. The molecule has 0 fully saturated rings. The van der Waals surface area contributed by atoms with Gasteiger partial charge in [0.05, 0.1) is 0 Å². The third-order valence-corrected chi connectivity index (χ3v) is 4.49. The number of carbonyl (C=O) groups is 1. The molecule has 0 aliphatic carbocycles. The molecule has 0 unspecified atom stereocenters. The molecule has 3 rings (SSSR count). The molecule has 0 spiro atoms. The number of benzene rings is 2. The third kappa shape index (κ3) is 3.57. The Morgan fingerprint density at radius 3 is 2.58 bits per heavy atom. The first-order valence-electron chi connectivity index (χ1n) is 8.55. The number of fused-ring (bicyclic) bond motifs is 1. The summed E-state index contributed by atoms with van der Waals surface area (Å²) in [5, 5.41) is 1.16. The summed E-state index contributed by atoms with van der Waals surface area (Å²) >= 11 is 0. The van der Waals surface area contributed by atoms with E-state index in [1.807, 2.05) is 12.1 Å². The zero-order valence-electron chi connectivity index (χ0n) is 14.2. The average molecular weight is 320 g/mol. The van der Waals surface area contributed by atoms with E-state index in [2.05, 4.69) is 47.2 Å². The van der Waals surface area contributed by atoms with E-state index in [-0.39, 0.29) is 5.78 Å². The number of nitrogens with two attached hydrogens (primary N) is 1. The van der Waals surface area contributed by atoms with E-state index in [1.54, 1.807) is 6.92 Å². The molecule has 1 heterocycles. The Bertz CT molecular complexity index is 834. The highest BCUT2D eigenvalue weighted by atomic mass is 16.1. The number of hydrogen-bond acceptors (Lipinski definition) is 2. The molecule has 3 nitrogen and oxygen atoms in total. The molecule has 124 valence electrons. The van der Waals surface area contributed by atoms with Crippen LogP contribution >= 0.6 is 0 Å². The number of ketones is 1. The highest BCUT2D eigenvalue weighted by Crippen LogP contribution is 2.24. The van der Waals surface area contributed by atoms with Gasteiger partial charge in [0.15, 0.2) is 5.78 Å². The molecule has 0 atom stereocenters. The van der Waals surface area contributed by atoms with E-state index in [4.69, 9.17) is 5.73 Å². The summed E-state index contributed by atoms with van der Waals surface area (Å²) in [5.41, 5.74) is 10.3. The molecular weight excluding hydrogens is 296 g/mol. The molecule has 3 heteroatoms. The maximum atomic E-state index is 11.7. The lowest BCUT2D eigenvalue weighted by atomic mass is 10.1. The lowest BCUT2D eigenvalue weighted by Crippen LogP contribution is -2.02. The average Bonchev–Trinajstić information content (AvgIpc) is 2.93. The topological polar surface area (TPSA) is 48.0 Å². The fourth-order valence-electron chi connectivity index (χ4n) is 3.23. The van der Waals surface area contributed by atoms with Crippen LogP contribution in [0.2, 0.25) is 0 Å². The maximum absolute atomic E-state index is 11.7. The van der Waals surface area contributed by atoms with Crippen molar-refractivity contribution in [2.75, 3.05) is 6.54 Å². The van der Waals surface area contributed by atoms with E-state index < -0.39 is 0 Å². The molecule has 2 N–H and O–H groups in total. The van der Waals surface area contributed by atoms with Crippen LogP contribution in [0.1, 0.15) is 34.8 Å². The Hall–Kier alpha value is -2.39. The summed E-state index contributed by atoms with van der Waals surface area (Å²) in [4.78, 5) is 11.7. The Balaban J connectivity index is 1.83. The number of aromatic nitrogens is 1. The van der Waals surface area contributed by atoms with Gasteiger partial charge in [-0.25, -0.2) is 0 Å². The summed E-state index contributed by atoms with van der Waals surface area (Å²) in [7, 11) is 0. The van der Waals surface area contributed by atoms with Crippen LogP contribution in [0.4, 0.5) is 0 Å². The van der Waals surface area contributed by atoms with E-state index in [0.717, 1.165) is 36.8 Å². The van der Waals surface area contributed by atoms with Crippen molar-refractivity contribution in [3.8, 4) is 0 Å². The summed E-state index contributed by atoms with van der Waals surface area (Å²) in [6.45, 7) is 3.20. The number of carbonyl (C=O) groups excluding carboxylic acids is 1. The molecule has 0 saturated carbocycles. The molecule has 0 saturated heterocycles. The van der Waals surface area contributed by atoms with Crippen LogP contribution in [-0.4, -0.2) is 16.9 Å². The summed E-state index contributed by atoms with van der Waals surface area (Å²) in [5.74, 6) is 0.104. The van der Waals surface area contributed by atoms with Crippen molar-refractivity contribution in [1.82, 2.24) is 4.57 Å². The smallest absolute Gasteiger partial charge is 0.159 e. The summed E-state index contributed by atoms with van der Waals surface area (Å²) in [6.07, 6.45) is 5.19. The van der Waals surface area contributed by atoms with Gasteiger partial charge in [-0.15, -0.1) is 0 Å². The van der Waals surface area contributed by atoms with Crippen molar-refractivity contribution >= 4 is 16.7 Å². The van der Waals surface area contributed by atoms with Crippen LogP contribution in [0.5, 0.6) is 0 Å². The zero-order valence-corrected chi connectivity index (χ0v) is 14.2. The van der Waals surface area contributed by atoms with Gasteiger partial charge in [-0.05, 0) is 62.1 Å². The van der Waals surface area contributed by atoms with Crippen LogP contribution in [0.3, 0.4) is 0 Å². The van der Waals surface area contributed by atoms with Crippen LogP contribution < -0.4 is 5.73 Å².